The zero-order valence-corrected chi connectivity index (χ0v) is 12.2. The molecular formula is C17H13N3O3. The van der Waals surface area contributed by atoms with E-state index in [0.717, 1.165) is 0 Å². The van der Waals surface area contributed by atoms with Crippen molar-refractivity contribution >= 4 is 11.6 Å². The van der Waals surface area contributed by atoms with Gasteiger partial charge in [-0.25, -0.2) is 9.36 Å². The molecule has 0 N–H and O–H groups in total. The van der Waals surface area contributed by atoms with Gasteiger partial charge in [0.2, 0.25) is 0 Å². The molecule has 0 bridgehead atoms. The number of carbonyl (C=O) groups is 1. The molecule has 6 heteroatoms. The van der Waals surface area contributed by atoms with E-state index >= 15 is 0 Å². The Morgan fingerprint density at radius 2 is 1.96 bits per heavy atom. The summed E-state index contributed by atoms with van der Waals surface area (Å²) in [6, 6.07) is 15.8. The smallest absolute Gasteiger partial charge is 0.387 e. The normalized spacial score (nSPS) is 10.4. The lowest BCUT2D eigenvalue weighted by Crippen LogP contribution is -2.36. The Morgan fingerprint density at radius 3 is 2.70 bits per heavy atom. The summed E-state index contributed by atoms with van der Waals surface area (Å²) in [7, 11) is 0. The van der Waals surface area contributed by atoms with E-state index in [-0.39, 0.29) is 18.7 Å². The quantitative estimate of drug-likeness (QED) is 0.415. The number of hydrogen-bond donors (Lipinski definition) is 0. The van der Waals surface area contributed by atoms with Crippen LogP contribution < -0.4 is 14.4 Å². The minimum absolute atomic E-state index is 0.0811. The Hall–Kier alpha value is -3.33. The number of fused-ring (bicyclic) bond motifs is 1. The number of para-hydroxylation sites is 1. The van der Waals surface area contributed by atoms with Gasteiger partial charge in [0, 0.05) is 6.07 Å². The molecule has 2 aromatic heterocycles. The van der Waals surface area contributed by atoms with E-state index in [4.69, 9.17) is 10.00 Å². The van der Waals surface area contributed by atoms with E-state index in [1.807, 2.05) is 6.07 Å². The number of imidazole rings is 1. The maximum atomic E-state index is 12.6. The van der Waals surface area contributed by atoms with Crippen LogP contribution in [0.2, 0.25) is 0 Å². The van der Waals surface area contributed by atoms with Crippen molar-refractivity contribution in [2.45, 2.75) is 13.0 Å². The van der Waals surface area contributed by atoms with Crippen LogP contribution in [0.1, 0.15) is 16.9 Å². The van der Waals surface area contributed by atoms with E-state index in [9.17, 15) is 9.90 Å². The molecule has 0 amide bonds. The van der Waals surface area contributed by atoms with Gasteiger partial charge in [0.25, 0.3) is 11.3 Å². The maximum Gasteiger partial charge on any atom is 0.387 e. The van der Waals surface area contributed by atoms with Crippen molar-refractivity contribution in [2.75, 3.05) is 0 Å². The molecule has 0 aliphatic carbocycles. The second kappa shape index (κ2) is 6.20. The van der Waals surface area contributed by atoms with E-state index in [1.54, 1.807) is 54.7 Å². The number of esters is 1. The summed E-state index contributed by atoms with van der Waals surface area (Å²) in [5.74, 6) is -0.822. The lowest BCUT2D eigenvalue weighted by Gasteiger charge is -2.06. The molecular weight excluding hydrogens is 294 g/mol. The van der Waals surface area contributed by atoms with E-state index in [2.05, 4.69) is 0 Å². The second-order valence-electron chi connectivity index (χ2n) is 4.84. The first-order valence-electron chi connectivity index (χ1n) is 7.06. The number of rotatable bonds is 4. The molecule has 0 unspecified atom stereocenters. The Kier molecular flexibility index (Phi) is 3.93. The third-order valence-electron chi connectivity index (χ3n) is 3.40. The highest BCUT2D eigenvalue weighted by Gasteiger charge is 2.26. The molecule has 6 nitrogen and oxygen atoms in total. The van der Waals surface area contributed by atoms with E-state index < -0.39 is 11.8 Å². The first-order chi connectivity index (χ1) is 11.2. The molecule has 0 saturated heterocycles. The molecule has 23 heavy (non-hydrogen) atoms. The van der Waals surface area contributed by atoms with Crippen LogP contribution in [0, 0.1) is 11.3 Å². The molecule has 0 radical (unpaired) electrons. The number of aryl methyl sites for hydroxylation is 1. The van der Waals surface area contributed by atoms with E-state index in [0.29, 0.717) is 11.4 Å². The highest BCUT2D eigenvalue weighted by atomic mass is 16.5. The van der Waals surface area contributed by atoms with E-state index in [1.165, 1.54) is 8.97 Å². The summed E-state index contributed by atoms with van der Waals surface area (Å²) in [5.41, 5.74) is 0.468. The Morgan fingerprint density at radius 1 is 1.22 bits per heavy atom. The van der Waals surface area contributed by atoms with Gasteiger partial charge in [-0.2, -0.15) is 9.66 Å². The van der Waals surface area contributed by atoms with Crippen molar-refractivity contribution in [3.05, 3.63) is 60.4 Å². The first-order valence-corrected chi connectivity index (χ1v) is 7.06. The average Bonchev–Trinajstić information content (AvgIpc) is 2.85. The molecule has 3 rings (SSSR count). The Bertz CT molecular complexity index is 895. The SMILES string of the molecule is N#CCC[n+]1c([O-])c(C(=O)Oc2ccccc2)n2ccccc21. The fourth-order valence-corrected chi connectivity index (χ4v) is 2.39. The third kappa shape index (κ3) is 2.72. The van der Waals surface area contributed by atoms with Crippen LogP contribution in [0.15, 0.2) is 54.7 Å². The number of nitriles is 1. The number of nitrogens with zero attached hydrogens (tertiary/aromatic N) is 3. The van der Waals surface area contributed by atoms with Gasteiger partial charge < -0.3 is 9.84 Å². The summed E-state index contributed by atoms with van der Waals surface area (Å²) in [5, 5.41) is 21.3. The highest BCUT2D eigenvalue weighted by molar-refractivity contribution is 5.91. The predicted octanol–water partition coefficient (Wildman–Crippen LogP) is 1.43. The molecule has 0 atom stereocenters. The first kappa shape index (κ1) is 14.6. The summed E-state index contributed by atoms with van der Waals surface area (Å²) >= 11 is 0. The van der Waals surface area contributed by atoms with Crippen LogP contribution in [0.4, 0.5) is 0 Å². The van der Waals surface area contributed by atoms with Gasteiger partial charge in [-0.15, -0.1) is 0 Å². The molecule has 2 heterocycles. The molecule has 114 valence electrons. The Balaban J connectivity index is 2.05. The summed E-state index contributed by atoms with van der Waals surface area (Å²) in [6.45, 7) is 0.224. The van der Waals surface area contributed by atoms with Gasteiger partial charge in [-0.1, -0.05) is 24.3 Å². The predicted molar refractivity (Wildman–Crippen MR) is 78.7 cm³/mol. The standard InChI is InChI=1S/C17H13N3O3/c18-10-6-12-20-14-9-4-5-11-19(14)15(16(20)21)17(22)23-13-7-2-1-3-8-13/h1-5,7-9,11H,6,12H2. The summed E-state index contributed by atoms with van der Waals surface area (Å²) < 4.78 is 8.17. The summed E-state index contributed by atoms with van der Waals surface area (Å²) in [4.78, 5) is 12.4. The minimum Gasteiger partial charge on any atom is -0.839 e. The molecule has 0 spiro atoms. The highest BCUT2D eigenvalue weighted by Crippen LogP contribution is 2.18. The molecule has 0 fully saturated rings. The van der Waals surface area contributed by atoms with Gasteiger partial charge >= 0.3 is 5.97 Å². The van der Waals surface area contributed by atoms with Gasteiger partial charge in [0.1, 0.15) is 18.2 Å². The van der Waals surface area contributed by atoms with Crippen LogP contribution in [-0.4, -0.2) is 10.4 Å². The molecule has 1 aromatic carbocycles. The van der Waals surface area contributed by atoms with Crippen LogP contribution in [0.3, 0.4) is 0 Å². The third-order valence-corrected chi connectivity index (χ3v) is 3.40. The molecule has 0 saturated carbocycles. The second-order valence-corrected chi connectivity index (χ2v) is 4.84. The molecule has 0 aliphatic heterocycles. The van der Waals surface area contributed by atoms with Crippen molar-refractivity contribution in [2.24, 2.45) is 0 Å². The zero-order valence-electron chi connectivity index (χ0n) is 12.2. The molecule has 3 aromatic rings. The van der Waals surface area contributed by atoms with Gasteiger partial charge in [0.15, 0.2) is 0 Å². The number of pyridine rings is 1. The van der Waals surface area contributed by atoms with Gasteiger partial charge in [-0.3, -0.25) is 0 Å². The zero-order chi connectivity index (χ0) is 16.2. The number of ether oxygens (including phenoxy) is 1. The largest absolute Gasteiger partial charge is 0.839 e. The number of hydrogen-bond acceptors (Lipinski definition) is 4. The number of aromatic nitrogens is 2. The van der Waals surface area contributed by atoms with Crippen LogP contribution in [-0.2, 0) is 6.54 Å². The maximum absolute atomic E-state index is 12.6. The summed E-state index contributed by atoms with van der Waals surface area (Å²) in [6.07, 6.45) is 1.81. The lowest BCUT2D eigenvalue weighted by atomic mass is 10.3. The fraction of sp³-hybridized carbons (Fsp3) is 0.118. The van der Waals surface area contributed by atoms with Gasteiger partial charge in [-0.05, 0) is 18.2 Å². The lowest BCUT2D eigenvalue weighted by molar-refractivity contribution is -0.711. The number of benzene rings is 1. The minimum atomic E-state index is -0.724. The van der Waals surface area contributed by atoms with Crippen molar-refractivity contribution < 1.29 is 19.2 Å². The van der Waals surface area contributed by atoms with Crippen molar-refractivity contribution in [3.63, 3.8) is 0 Å². The fourth-order valence-electron chi connectivity index (χ4n) is 2.39. The van der Waals surface area contributed by atoms with Crippen molar-refractivity contribution in [1.82, 2.24) is 4.40 Å². The van der Waals surface area contributed by atoms with Crippen molar-refractivity contribution in [3.8, 4) is 17.7 Å². The van der Waals surface area contributed by atoms with Gasteiger partial charge in [0.05, 0.1) is 18.7 Å². The average molecular weight is 307 g/mol. The molecule has 0 aliphatic rings. The van der Waals surface area contributed by atoms with Crippen LogP contribution >= 0.6 is 0 Å². The topological polar surface area (TPSA) is 81.4 Å². The van der Waals surface area contributed by atoms with Crippen LogP contribution in [0.25, 0.3) is 5.65 Å². The van der Waals surface area contributed by atoms with Crippen molar-refractivity contribution in [1.29, 1.82) is 5.26 Å². The Labute approximate surface area is 132 Å². The van der Waals surface area contributed by atoms with Crippen LogP contribution in [0.5, 0.6) is 11.6 Å². The number of carbonyl (C=O) groups excluding carboxylic acids is 1. The monoisotopic (exact) mass is 307 g/mol.